The summed E-state index contributed by atoms with van der Waals surface area (Å²) in [4.78, 5) is 0. The summed E-state index contributed by atoms with van der Waals surface area (Å²) in [6.45, 7) is 4.51. The maximum Gasteiger partial charge on any atom is -0.00201 e. The van der Waals surface area contributed by atoms with Crippen molar-refractivity contribution in [1.82, 2.24) is 0 Å². The van der Waals surface area contributed by atoms with Gasteiger partial charge in [-0.05, 0) is 104 Å². The largest absolute Gasteiger partial charge is 0.0622 e. The van der Waals surface area contributed by atoms with Crippen LogP contribution in [-0.2, 0) is 0 Å². The van der Waals surface area contributed by atoms with Gasteiger partial charge >= 0.3 is 0 Å². The average molecular weight is 513 g/mol. The van der Waals surface area contributed by atoms with E-state index >= 15 is 0 Å². The van der Waals surface area contributed by atoms with Gasteiger partial charge in [-0.1, -0.05) is 133 Å². The monoisotopic (exact) mass is 512 g/mol. The first kappa shape index (κ1) is 24.4. The van der Waals surface area contributed by atoms with Gasteiger partial charge in [0.15, 0.2) is 0 Å². The number of hydrogen-bond donors (Lipinski definition) is 0. The van der Waals surface area contributed by atoms with Gasteiger partial charge in [-0.2, -0.15) is 0 Å². The fraction of sp³-hybridized carbons (Fsp3) is 0.100. The van der Waals surface area contributed by atoms with Gasteiger partial charge < -0.3 is 0 Å². The SMILES string of the molecule is CC1=C(c2ccccc2C)CCC(c2c3ccccc3c(-c3ccccc3-c3ccccc3)c3ccccc23)=C1. The van der Waals surface area contributed by atoms with Crippen LogP contribution in [0.15, 0.2) is 139 Å². The minimum atomic E-state index is 1.04. The number of rotatable bonds is 4. The molecule has 192 valence electrons. The molecule has 0 nitrogen and oxygen atoms in total. The van der Waals surface area contributed by atoms with Crippen LogP contribution >= 0.6 is 0 Å². The minimum absolute atomic E-state index is 1.04. The second kappa shape index (κ2) is 10.1. The predicted octanol–water partition coefficient (Wildman–Crippen LogP) is 11.3. The molecule has 0 fully saturated rings. The van der Waals surface area contributed by atoms with Crippen molar-refractivity contribution in [3.63, 3.8) is 0 Å². The van der Waals surface area contributed by atoms with Crippen molar-refractivity contribution in [3.8, 4) is 22.3 Å². The average Bonchev–Trinajstić information content (AvgIpc) is 3.01. The third-order valence-electron chi connectivity index (χ3n) is 8.52. The Morgan fingerprint density at radius 2 is 0.925 bits per heavy atom. The second-order valence-corrected chi connectivity index (χ2v) is 10.9. The molecule has 0 bridgehead atoms. The van der Waals surface area contributed by atoms with Gasteiger partial charge in [0.25, 0.3) is 0 Å². The van der Waals surface area contributed by atoms with E-state index in [0.717, 1.165) is 12.8 Å². The van der Waals surface area contributed by atoms with Gasteiger partial charge in [0.2, 0.25) is 0 Å². The first-order valence-electron chi connectivity index (χ1n) is 14.3. The second-order valence-electron chi connectivity index (χ2n) is 10.9. The molecule has 0 amide bonds. The van der Waals surface area contributed by atoms with E-state index in [1.807, 2.05) is 0 Å². The minimum Gasteiger partial charge on any atom is -0.0622 e. The zero-order valence-corrected chi connectivity index (χ0v) is 23.1. The molecule has 0 spiro atoms. The normalized spacial score (nSPS) is 13.6. The molecule has 0 aliphatic heterocycles. The van der Waals surface area contributed by atoms with Crippen molar-refractivity contribution in [3.05, 3.63) is 156 Å². The maximum absolute atomic E-state index is 2.46. The van der Waals surface area contributed by atoms with E-state index in [0.29, 0.717) is 0 Å². The molecule has 0 heterocycles. The Morgan fingerprint density at radius 1 is 0.425 bits per heavy atom. The zero-order valence-electron chi connectivity index (χ0n) is 23.1. The standard InChI is InChI=1S/C40H32/c1-27-14-6-7-17-31(27)32-25-24-30(26-28(32)2)39-35-20-10-12-22-37(35)40(38-23-13-11-21-36(38)39)34-19-9-8-18-33(34)29-15-4-3-5-16-29/h3-23,26H,24-25H2,1-2H3. The van der Waals surface area contributed by atoms with E-state index in [1.54, 1.807) is 0 Å². The summed E-state index contributed by atoms with van der Waals surface area (Å²) in [6, 6.07) is 46.5. The lowest BCUT2D eigenvalue weighted by molar-refractivity contribution is 1.05. The summed E-state index contributed by atoms with van der Waals surface area (Å²) < 4.78 is 0. The molecule has 6 aromatic carbocycles. The summed E-state index contributed by atoms with van der Waals surface area (Å²) in [5.41, 5.74) is 13.5. The van der Waals surface area contributed by atoms with E-state index in [9.17, 15) is 0 Å². The zero-order chi connectivity index (χ0) is 27.1. The van der Waals surface area contributed by atoms with Crippen LogP contribution in [0, 0.1) is 6.92 Å². The van der Waals surface area contributed by atoms with Gasteiger partial charge in [0.1, 0.15) is 0 Å². The lowest BCUT2D eigenvalue weighted by Crippen LogP contribution is -2.01. The van der Waals surface area contributed by atoms with Crippen LogP contribution < -0.4 is 0 Å². The lowest BCUT2D eigenvalue weighted by Gasteiger charge is -2.24. The van der Waals surface area contributed by atoms with Gasteiger partial charge in [-0.3, -0.25) is 0 Å². The van der Waals surface area contributed by atoms with Crippen LogP contribution in [0.3, 0.4) is 0 Å². The number of allylic oxidation sites excluding steroid dienone is 4. The van der Waals surface area contributed by atoms with E-state index in [2.05, 4.69) is 147 Å². The van der Waals surface area contributed by atoms with Crippen molar-refractivity contribution in [2.45, 2.75) is 26.7 Å². The van der Waals surface area contributed by atoms with Crippen molar-refractivity contribution >= 4 is 32.7 Å². The topological polar surface area (TPSA) is 0 Å². The quantitative estimate of drug-likeness (QED) is 0.206. The molecule has 1 aliphatic rings. The lowest BCUT2D eigenvalue weighted by atomic mass is 9.80. The molecule has 1 aliphatic carbocycles. The smallest absolute Gasteiger partial charge is 0.00201 e. The highest BCUT2D eigenvalue weighted by Gasteiger charge is 2.22. The van der Waals surface area contributed by atoms with Crippen LogP contribution in [0.4, 0.5) is 0 Å². The van der Waals surface area contributed by atoms with Gasteiger partial charge in [-0.15, -0.1) is 0 Å². The van der Waals surface area contributed by atoms with Crippen molar-refractivity contribution < 1.29 is 0 Å². The Kier molecular flexibility index (Phi) is 6.17. The van der Waals surface area contributed by atoms with Crippen LogP contribution in [0.25, 0.3) is 54.9 Å². The molecule has 40 heavy (non-hydrogen) atoms. The van der Waals surface area contributed by atoms with E-state index < -0.39 is 0 Å². The molecule has 0 unspecified atom stereocenters. The Morgan fingerprint density at radius 3 is 1.52 bits per heavy atom. The Bertz CT molecular complexity index is 1890. The molecule has 0 aromatic heterocycles. The molecule has 0 atom stereocenters. The number of hydrogen-bond acceptors (Lipinski definition) is 0. The predicted molar refractivity (Wildman–Crippen MR) is 173 cm³/mol. The third-order valence-corrected chi connectivity index (χ3v) is 8.52. The van der Waals surface area contributed by atoms with Gasteiger partial charge in [0.05, 0.1) is 0 Å². The highest BCUT2D eigenvalue weighted by molar-refractivity contribution is 6.20. The van der Waals surface area contributed by atoms with Crippen molar-refractivity contribution in [2.75, 3.05) is 0 Å². The molecule has 6 aromatic rings. The molecular weight excluding hydrogens is 480 g/mol. The summed E-state index contributed by atoms with van der Waals surface area (Å²) in [5.74, 6) is 0. The summed E-state index contributed by atoms with van der Waals surface area (Å²) in [6.07, 6.45) is 4.55. The molecular formula is C40H32. The summed E-state index contributed by atoms with van der Waals surface area (Å²) >= 11 is 0. The van der Waals surface area contributed by atoms with Crippen molar-refractivity contribution in [1.29, 1.82) is 0 Å². The Balaban J connectivity index is 1.51. The number of fused-ring (bicyclic) bond motifs is 2. The van der Waals surface area contributed by atoms with Crippen LogP contribution in [0.1, 0.15) is 36.5 Å². The highest BCUT2D eigenvalue weighted by atomic mass is 14.3. The van der Waals surface area contributed by atoms with E-state index in [1.165, 1.54) is 77.2 Å². The summed E-state index contributed by atoms with van der Waals surface area (Å²) in [5, 5.41) is 5.29. The van der Waals surface area contributed by atoms with E-state index in [-0.39, 0.29) is 0 Å². The molecule has 0 saturated carbocycles. The number of benzene rings is 6. The molecule has 7 rings (SSSR count). The molecule has 0 N–H and O–H groups in total. The fourth-order valence-corrected chi connectivity index (χ4v) is 6.67. The highest BCUT2D eigenvalue weighted by Crippen LogP contribution is 2.47. The Labute approximate surface area is 237 Å². The molecule has 0 radical (unpaired) electrons. The molecule has 0 heteroatoms. The van der Waals surface area contributed by atoms with Crippen LogP contribution in [0.5, 0.6) is 0 Å². The number of aryl methyl sites for hydroxylation is 1. The summed E-state index contributed by atoms with van der Waals surface area (Å²) in [7, 11) is 0. The van der Waals surface area contributed by atoms with E-state index in [4.69, 9.17) is 0 Å². The van der Waals surface area contributed by atoms with Crippen molar-refractivity contribution in [2.24, 2.45) is 0 Å². The van der Waals surface area contributed by atoms with Crippen LogP contribution in [-0.4, -0.2) is 0 Å². The first-order chi connectivity index (χ1) is 19.7. The fourth-order valence-electron chi connectivity index (χ4n) is 6.67. The Hall–Kier alpha value is -4.68. The third kappa shape index (κ3) is 4.08. The molecule has 0 saturated heterocycles. The first-order valence-corrected chi connectivity index (χ1v) is 14.3. The van der Waals surface area contributed by atoms with Gasteiger partial charge in [-0.25, -0.2) is 0 Å². The maximum atomic E-state index is 2.46. The van der Waals surface area contributed by atoms with Gasteiger partial charge in [0, 0.05) is 0 Å². The van der Waals surface area contributed by atoms with Crippen LogP contribution in [0.2, 0.25) is 0 Å².